The molecule has 1 heterocycles. The number of anilines is 2. The molecule has 7 nitrogen and oxygen atoms in total. The molecule has 20 heavy (non-hydrogen) atoms. The summed E-state index contributed by atoms with van der Waals surface area (Å²) in [6.45, 7) is 1.68. The lowest BCUT2D eigenvalue weighted by atomic mass is 10.3. The summed E-state index contributed by atoms with van der Waals surface area (Å²) < 4.78 is 22.5. The maximum atomic E-state index is 11.3. The summed E-state index contributed by atoms with van der Waals surface area (Å²) in [5, 5.41) is 17.8. The number of sulfonamides is 1. The van der Waals surface area contributed by atoms with Gasteiger partial charge in [0, 0.05) is 5.69 Å². The smallest absolute Gasteiger partial charge is 0.357 e. The molecule has 2 aromatic rings. The van der Waals surface area contributed by atoms with Crippen LogP contribution in [0.25, 0.3) is 0 Å². The molecule has 106 valence electrons. The maximum Gasteiger partial charge on any atom is 0.357 e. The normalized spacial score (nSPS) is 11.3. The SMILES string of the molecule is Cc1nc(C(=O)O)c(Nc2cccc(S(N)(=O)=O)c2)s1. The van der Waals surface area contributed by atoms with Crippen molar-refractivity contribution in [2.24, 2.45) is 5.14 Å². The van der Waals surface area contributed by atoms with E-state index in [-0.39, 0.29) is 10.6 Å². The summed E-state index contributed by atoms with van der Waals surface area (Å²) in [5.41, 5.74) is 0.316. The first-order chi connectivity index (χ1) is 9.27. The number of hydrogen-bond acceptors (Lipinski definition) is 6. The second-order valence-electron chi connectivity index (χ2n) is 3.91. The Bertz CT molecular complexity index is 768. The van der Waals surface area contributed by atoms with E-state index in [2.05, 4.69) is 10.3 Å². The van der Waals surface area contributed by atoms with E-state index in [1.165, 1.54) is 29.5 Å². The molecule has 0 fully saturated rings. The van der Waals surface area contributed by atoms with Gasteiger partial charge in [0.25, 0.3) is 0 Å². The van der Waals surface area contributed by atoms with Gasteiger partial charge >= 0.3 is 5.97 Å². The first-order valence-electron chi connectivity index (χ1n) is 5.38. The molecule has 0 atom stereocenters. The number of carboxylic acid groups (broad SMARTS) is 1. The minimum absolute atomic E-state index is 0.0550. The highest BCUT2D eigenvalue weighted by Crippen LogP contribution is 2.28. The van der Waals surface area contributed by atoms with Crippen LogP contribution in [-0.4, -0.2) is 24.5 Å². The Morgan fingerprint density at radius 2 is 2.15 bits per heavy atom. The largest absolute Gasteiger partial charge is 0.476 e. The van der Waals surface area contributed by atoms with Gasteiger partial charge in [0.1, 0.15) is 5.00 Å². The monoisotopic (exact) mass is 313 g/mol. The first-order valence-corrected chi connectivity index (χ1v) is 7.74. The zero-order chi connectivity index (χ0) is 14.9. The number of aromatic nitrogens is 1. The van der Waals surface area contributed by atoms with Gasteiger partial charge in [-0.3, -0.25) is 0 Å². The number of nitrogens with zero attached hydrogens (tertiary/aromatic N) is 1. The van der Waals surface area contributed by atoms with Crippen molar-refractivity contribution >= 4 is 38.0 Å². The van der Waals surface area contributed by atoms with Crippen molar-refractivity contribution in [3.63, 3.8) is 0 Å². The number of aryl methyl sites for hydroxylation is 1. The lowest BCUT2D eigenvalue weighted by Crippen LogP contribution is -2.12. The lowest BCUT2D eigenvalue weighted by Gasteiger charge is -2.06. The van der Waals surface area contributed by atoms with E-state index in [4.69, 9.17) is 10.2 Å². The molecule has 0 radical (unpaired) electrons. The summed E-state index contributed by atoms with van der Waals surface area (Å²) in [4.78, 5) is 14.9. The van der Waals surface area contributed by atoms with Crippen LogP contribution in [-0.2, 0) is 10.0 Å². The highest BCUT2D eigenvalue weighted by Gasteiger charge is 2.16. The van der Waals surface area contributed by atoms with Gasteiger partial charge in [-0.15, -0.1) is 11.3 Å². The molecule has 0 spiro atoms. The third-order valence-corrected chi connectivity index (χ3v) is 4.15. The summed E-state index contributed by atoms with van der Waals surface area (Å²) >= 11 is 1.17. The molecule has 4 N–H and O–H groups in total. The maximum absolute atomic E-state index is 11.3. The number of aromatic carboxylic acids is 1. The number of primary sulfonamides is 1. The van der Waals surface area contributed by atoms with E-state index in [9.17, 15) is 13.2 Å². The molecular weight excluding hydrogens is 302 g/mol. The fraction of sp³-hybridized carbons (Fsp3) is 0.0909. The number of rotatable bonds is 4. The average Bonchev–Trinajstić information content (AvgIpc) is 2.69. The second kappa shape index (κ2) is 5.19. The fourth-order valence-electron chi connectivity index (χ4n) is 1.54. The highest BCUT2D eigenvalue weighted by atomic mass is 32.2. The third kappa shape index (κ3) is 3.13. The predicted molar refractivity (Wildman–Crippen MR) is 74.9 cm³/mol. The van der Waals surface area contributed by atoms with Crippen molar-refractivity contribution in [3.8, 4) is 0 Å². The minimum atomic E-state index is -3.81. The number of hydrogen-bond donors (Lipinski definition) is 3. The average molecular weight is 313 g/mol. The van der Waals surface area contributed by atoms with Crippen LogP contribution in [0.15, 0.2) is 29.2 Å². The van der Waals surface area contributed by atoms with Crippen LogP contribution < -0.4 is 10.5 Å². The Hall–Kier alpha value is -1.97. The Kier molecular flexibility index (Phi) is 3.75. The van der Waals surface area contributed by atoms with E-state index in [0.29, 0.717) is 15.7 Å². The van der Waals surface area contributed by atoms with Gasteiger partial charge in [-0.2, -0.15) is 0 Å². The number of carbonyl (C=O) groups is 1. The van der Waals surface area contributed by atoms with Crippen LogP contribution >= 0.6 is 11.3 Å². The van der Waals surface area contributed by atoms with E-state index >= 15 is 0 Å². The molecule has 0 saturated carbocycles. The summed E-state index contributed by atoms with van der Waals surface area (Å²) in [6.07, 6.45) is 0. The number of nitrogens with one attached hydrogen (secondary N) is 1. The fourth-order valence-corrected chi connectivity index (χ4v) is 2.93. The topological polar surface area (TPSA) is 122 Å². The Balaban J connectivity index is 2.38. The van der Waals surface area contributed by atoms with Gasteiger partial charge in [0.15, 0.2) is 5.69 Å². The van der Waals surface area contributed by atoms with Gasteiger partial charge in [0.2, 0.25) is 10.0 Å². The van der Waals surface area contributed by atoms with Crippen molar-refractivity contribution in [2.45, 2.75) is 11.8 Å². The van der Waals surface area contributed by atoms with Crippen molar-refractivity contribution < 1.29 is 18.3 Å². The molecule has 1 aromatic heterocycles. The molecule has 9 heteroatoms. The minimum Gasteiger partial charge on any atom is -0.476 e. The van der Waals surface area contributed by atoms with Crippen LogP contribution in [0.3, 0.4) is 0 Å². The molecule has 2 rings (SSSR count). The zero-order valence-corrected chi connectivity index (χ0v) is 12.0. The van der Waals surface area contributed by atoms with Gasteiger partial charge in [-0.1, -0.05) is 6.07 Å². The van der Waals surface area contributed by atoms with Gasteiger partial charge in [-0.25, -0.2) is 23.3 Å². The van der Waals surface area contributed by atoms with E-state index < -0.39 is 16.0 Å². The van der Waals surface area contributed by atoms with Crippen LogP contribution in [0.2, 0.25) is 0 Å². The molecular formula is C11H11N3O4S2. The van der Waals surface area contributed by atoms with Crippen LogP contribution in [0, 0.1) is 6.92 Å². The quantitative estimate of drug-likeness (QED) is 0.787. The summed E-state index contributed by atoms with van der Waals surface area (Å²) in [7, 11) is -3.81. The predicted octanol–water partition coefficient (Wildman–Crippen LogP) is 1.54. The van der Waals surface area contributed by atoms with Crippen molar-refractivity contribution in [1.82, 2.24) is 4.98 Å². The first kappa shape index (κ1) is 14.4. The van der Waals surface area contributed by atoms with E-state index in [1.807, 2.05) is 0 Å². The Morgan fingerprint density at radius 1 is 1.45 bits per heavy atom. The van der Waals surface area contributed by atoms with Crippen LogP contribution in [0.1, 0.15) is 15.5 Å². The molecule has 0 unspecified atom stereocenters. The van der Waals surface area contributed by atoms with Gasteiger partial charge in [-0.05, 0) is 25.1 Å². The van der Waals surface area contributed by atoms with Crippen molar-refractivity contribution in [3.05, 3.63) is 35.0 Å². The van der Waals surface area contributed by atoms with E-state index in [1.54, 1.807) is 13.0 Å². The Labute approximate surface area is 119 Å². The van der Waals surface area contributed by atoms with Crippen LogP contribution in [0.4, 0.5) is 10.7 Å². The Morgan fingerprint density at radius 3 is 2.75 bits per heavy atom. The second-order valence-corrected chi connectivity index (χ2v) is 6.68. The highest BCUT2D eigenvalue weighted by molar-refractivity contribution is 7.89. The third-order valence-electron chi connectivity index (χ3n) is 2.36. The molecule has 0 aliphatic carbocycles. The van der Waals surface area contributed by atoms with Gasteiger partial charge < -0.3 is 10.4 Å². The molecule has 1 aromatic carbocycles. The number of thiazole rings is 1. The number of carboxylic acids is 1. The standard InChI is InChI=1S/C11H11N3O4S2/c1-6-13-9(11(15)16)10(19-6)14-7-3-2-4-8(5-7)20(12,17)18/h2-5,14H,1H3,(H,15,16)(H2,12,17,18). The van der Waals surface area contributed by atoms with Gasteiger partial charge in [0.05, 0.1) is 9.90 Å². The van der Waals surface area contributed by atoms with Crippen molar-refractivity contribution in [2.75, 3.05) is 5.32 Å². The molecule has 0 saturated heterocycles. The molecule has 0 aliphatic rings. The molecule has 0 bridgehead atoms. The number of nitrogens with two attached hydrogens (primary N) is 1. The summed E-state index contributed by atoms with van der Waals surface area (Å²) in [5.74, 6) is -1.15. The van der Waals surface area contributed by atoms with Crippen molar-refractivity contribution in [1.29, 1.82) is 0 Å². The van der Waals surface area contributed by atoms with Crippen LogP contribution in [0.5, 0.6) is 0 Å². The van der Waals surface area contributed by atoms with E-state index in [0.717, 1.165) is 0 Å². The zero-order valence-electron chi connectivity index (χ0n) is 10.3. The molecule has 0 aliphatic heterocycles. The summed E-state index contributed by atoms with van der Waals surface area (Å²) in [6, 6.07) is 5.80. The molecule has 0 amide bonds. The lowest BCUT2D eigenvalue weighted by molar-refractivity contribution is 0.0692. The number of benzene rings is 1.